The van der Waals surface area contributed by atoms with Crippen molar-refractivity contribution in [3.8, 4) is 0 Å². The summed E-state index contributed by atoms with van der Waals surface area (Å²) < 4.78 is 0. The second kappa shape index (κ2) is 19.6. The Kier molecular flexibility index (Phi) is 17.4. The van der Waals surface area contributed by atoms with Crippen LogP contribution in [0.5, 0.6) is 0 Å². The van der Waals surface area contributed by atoms with E-state index in [9.17, 15) is 39.3 Å². The molecule has 0 aromatic rings. The van der Waals surface area contributed by atoms with Crippen molar-refractivity contribution < 1.29 is 39.3 Å². The number of ketones is 1. The second-order valence-corrected chi connectivity index (χ2v) is 9.70. The number of carboxylic acids is 3. The van der Waals surface area contributed by atoms with Crippen molar-refractivity contribution >= 4 is 42.6 Å². The van der Waals surface area contributed by atoms with Gasteiger partial charge in [0.1, 0.15) is 6.17 Å². The minimum atomic E-state index is -1.02. The molecule has 222 valence electrons. The summed E-state index contributed by atoms with van der Waals surface area (Å²) in [4.78, 5) is 64.8. The first-order valence-electron chi connectivity index (χ1n) is 12.9. The molecule has 1 unspecified atom stereocenters. The summed E-state index contributed by atoms with van der Waals surface area (Å²) in [7, 11) is 0. The molecular weight excluding hydrogens is 532 g/mol. The summed E-state index contributed by atoms with van der Waals surface area (Å²) in [5.41, 5.74) is 5.85. The Morgan fingerprint density at radius 3 is 1.62 bits per heavy atom. The van der Waals surface area contributed by atoms with Crippen molar-refractivity contribution in [3.63, 3.8) is 0 Å². The molecule has 1 aliphatic heterocycles. The fraction of sp³-hybridized carbons (Fsp3) is 0.708. The van der Waals surface area contributed by atoms with Crippen LogP contribution in [0, 0.1) is 0 Å². The number of rotatable bonds is 16. The summed E-state index contributed by atoms with van der Waals surface area (Å²) in [5.74, 6) is -3.26. The summed E-state index contributed by atoms with van der Waals surface area (Å²) in [6.45, 7) is 2.25. The number of carbonyl (C=O) groups is 5. The average Bonchev–Trinajstić information content (AvgIpc) is 2.85. The summed E-state index contributed by atoms with van der Waals surface area (Å²) >= 11 is 3.87. The lowest BCUT2D eigenvalue weighted by atomic mass is 10.1. The molecular formula is C24H42N6O8S. The highest BCUT2D eigenvalue weighted by Crippen LogP contribution is 2.05. The standard InChI is InChI=1S/C24H42N6O8S/c25-19(20(32)4-14-39)3-1-2-5-26-21(18-31)30-12-10-28(16-23(35)36)8-6-27(15-22(33)34)7-9-29(11-13-30)17-24(37)38/h4,14,18-19,21,26,39H,1-3,5-13,15-17,25H2,(H,33,34)(H,35,36)(H,37,38)/b14-4-/t19-,21?/m1/s1. The molecule has 1 aliphatic rings. The molecule has 0 bridgehead atoms. The second-order valence-electron chi connectivity index (χ2n) is 9.40. The van der Waals surface area contributed by atoms with Gasteiger partial charge in [-0.3, -0.25) is 44.1 Å². The summed E-state index contributed by atoms with van der Waals surface area (Å²) in [5, 5.41) is 32.5. The Morgan fingerprint density at radius 2 is 1.23 bits per heavy atom. The van der Waals surface area contributed by atoms with E-state index in [1.165, 1.54) is 11.5 Å². The highest BCUT2D eigenvalue weighted by Gasteiger charge is 2.23. The Labute approximate surface area is 234 Å². The monoisotopic (exact) mass is 574 g/mol. The van der Waals surface area contributed by atoms with Gasteiger partial charge in [-0.15, -0.1) is 0 Å². The molecule has 6 N–H and O–H groups in total. The maximum Gasteiger partial charge on any atom is 0.317 e. The average molecular weight is 575 g/mol. The summed E-state index contributed by atoms with van der Waals surface area (Å²) in [6, 6.07) is -0.614. The molecule has 14 nitrogen and oxygen atoms in total. The molecule has 0 spiro atoms. The lowest BCUT2D eigenvalue weighted by Gasteiger charge is -2.35. The van der Waals surface area contributed by atoms with Gasteiger partial charge in [-0.1, -0.05) is 6.42 Å². The Bertz CT molecular complexity index is 800. The van der Waals surface area contributed by atoms with E-state index in [-0.39, 0.29) is 25.4 Å². The molecule has 1 rings (SSSR count). The SMILES string of the molecule is N[C@H](CCCCNC(C=O)N1CCN(CC(=O)O)CCN(CC(=O)O)CCN(CC(=O)O)CC1)C(=O)/C=C\S. The number of nitrogens with one attached hydrogen (secondary N) is 1. The van der Waals surface area contributed by atoms with Crippen LogP contribution in [0.15, 0.2) is 11.5 Å². The van der Waals surface area contributed by atoms with Gasteiger partial charge >= 0.3 is 17.9 Å². The number of hydrogen-bond donors (Lipinski definition) is 6. The van der Waals surface area contributed by atoms with Crippen molar-refractivity contribution in [2.45, 2.75) is 31.5 Å². The molecule has 2 atom stereocenters. The number of thiol groups is 1. The molecule has 0 amide bonds. The maximum absolute atomic E-state index is 12.0. The van der Waals surface area contributed by atoms with Gasteiger partial charge in [0.05, 0.1) is 25.7 Å². The third-order valence-electron chi connectivity index (χ3n) is 6.37. The highest BCUT2D eigenvalue weighted by atomic mass is 32.1. The first-order chi connectivity index (χ1) is 18.5. The quantitative estimate of drug-likeness (QED) is 0.0516. The van der Waals surface area contributed by atoms with Crippen LogP contribution in [0.1, 0.15) is 19.3 Å². The lowest BCUT2D eigenvalue weighted by molar-refractivity contribution is -0.140. The molecule has 0 aromatic carbocycles. The topological polar surface area (TPSA) is 197 Å². The number of carboxylic acid groups (broad SMARTS) is 3. The highest BCUT2D eigenvalue weighted by molar-refractivity contribution is 7.83. The molecule has 0 radical (unpaired) electrons. The number of carbonyl (C=O) groups excluding carboxylic acids is 2. The van der Waals surface area contributed by atoms with Crippen LogP contribution >= 0.6 is 12.6 Å². The van der Waals surface area contributed by atoms with Gasteiger partial charge in [-0.2, -0.15) is 12.6 Å². The van der Waals surface area contributed by atoms with Crippen molar-refractivity contribution in [1.29, 1.82) is 0 Å². The third kappa shape index (κ3) is 15.7. The van der Waals surface area contributed by atoms with E-state index in [1.54, 1.807) is 14.7 Å². The van der Waals surface area contributed by atoms with Crippen LogP contribution in [0.4, 0.5) is 0 Å². The zero-order valence-electron chi connectivity index (χ0n) is 22.2. The largest absolute Gasteiger partial charge is 0.480 e. The van der Waals surface area contributed by atoms with Crippen molar-refractivity contribution in [3.05, 3.63) is 11.5 Å². The maximum atomic E-state index is 12.0. The minimum absolute atomic E-state index is 0.203. The van der Waals surface area contributed by atoms with Gasteiger partial charge in [0.2, 0.25) is 0 Å². The van der Waals surface area contributed by atoms with Crippen LogP contribution in [-0.4, -0.2) is 156 Å². The van der Waals surface area contributed by atoms with Crippen LogP contribution in [0.25, 0.3) is 0 Å². The number of nitrogens with two attached hydrogens (primary N) is 1. The number of nitrogens with zero attached hydrogens (tertiary/aromatic N) is 4. The molecule has 39 heavy (non-hydrogen) atoms. The molecule has 1 fully saturated rings. The van der Waals surface area contributed by atoms with Gasteiger partial charge < -0.3 is 25.8 Å². The predicted octanol–water partition coefficient (Wildman–Crippen LogP) is -1.91. The minimum Gasteiger partial charge on any atom is -0.480 e. The van der Waals surface area contributed by atoms with Crippen LogP contribution in [0.2, 0.25) is 0 Å². The third-order valence-corrected chi connectivity index (χ3v) is 6.52. The van der Waals surface area contributed by atoms with Crippen LogP contribution in [0.3, 0.4) is 0 Å². The first-order valence-corrected chi connectivity index (χ1v) is 13.4. The van der Waals surface area contributed by atoms with Crippen LogP contribution < -0.4 is 11.1 Å². The van der Waals surface area contributed by atoms with Gasteiger partial charge in [0, 0.05) is 52.4 Å². The van der Waals surface area contributed by atoms with Gasteiger partial charge in [0.25, 0.3) is 0 Å². The van der Waals surface area contributed by atoms with E-state index < -0.39 is 30.1 Å². The molecule has 1 saturated heterocycles. The zero-order valence-corrected chi connectivity index (χ0v) is 23.1. The fourth-order valence-electron chi connectivity index (χ4n) is 4.22. The number of aldehydes is 1. The molecule has 0 saturated carbocycles. The van der Waals surface area contributed by atoms with E-state index in [0.717, 1.165) is 6.29 Å². The van der Waals surface area contributed by atoms with E-state index in [1.807, 2.05) is 4.90 Å². The van der Waals surface area contributed by atoms with E-state index >= 15 is 0 Å². The first kappa shape index (κ1) is 34.6. The number of aliphatic carboxylic acids is 3. The van der Waals surface area contributed by atoms with Gasteiger partial charge in [-0.25, -0.2) is 0 Å². The predicted molar refractivity (Wildman–Crippen MR) is 147 cm³/mol. The molecule has 0 aliphatic carbocycles. The van der Waals surface area contributed by atoms with E-state index in [2.05, 4.69) is 17.9 Å². The smallest absolute Gasteiger partial charge is 0.317 e. The molecule has 15 heteroatoms. The molecule has 0 aromatic heterocycles. The Hall–Kier alpha value is -2.40. The number of hydrogen-bond acceptors (Lipinski definition) is 12. The Morgan fingerprint density at radius 1 is 0.795 bits per heavy atom. The van der Waals surface area contributed by atoms with Crippen LogP contribution in [-0.2, 0) is 24.0 Å². The van der Waals surface area contributed by atoms with E-state index in [0.29, 0.717) is 78.2 Å². The zero-order chi connectivity index (χ0) is 29.2. The van der Waals surface area contributed by atoms with Gasteiger partial charge in [-0.05, 0) is 30.9 Å². The normalized spacial score (nSPS) is 19.1. The van der Waals surface area contributed by atoms with Crippen molar-refractivity contribution in [2.75, 3.05) is 78.5 Å². The Balaban J connectivity index is 2.88. The van der Waals surface area contributed by atoms with E-state index in [4.69, 9.17) is 5.73 Å². The van der Waals surface area contributed by atoms with Crippen molar-refractivity contribution in [1.82, 2.24) is 24.9 Å². The number of unbranched alkanes of at least 4 members (excludes halogenated alkanes) is 1. The molecule has 1 heterocycles. The fourth-order valence-corrected chi connectivity index (χ4v) is 4.37. The summed E-state index contributed by atoms with van der Waals surface area (Å²) in [6.07, 6.45) is 3.21. The van der Waals surface area contributed by atoms with Crippen molar-refractivity contribution in [2.24, 2.45) is 5.73 Å². The lowest BCUT2D eigenvalue weighted by Crippen LogP contribution is -2.54. The van der Waals surface area contributed by atoms with Gasteiger partial charge in [0.15, 0.2) is 12.1 Å².